The number of nitrogens with one attached hydrogen (secondary N) is 3. The minimum Gasteiger partial charge on any atom is -0.305 e. The van der Waals surface area contributed by atoms with Crippen LogP contribution < -0.4 is 5.32 Å². The van der Waals surface area contributed by atoms with Gasteiger partial charge >= 0.3 is 0 Å². The van der Waals surface area contributed by atoms with Gasteiger partial charge in [-0.25, -0.2) is 0 Å². The number of rotatable bonds is 3. The van der Waals surface area contributed by atoms with Crippen LogP contribution in [0.1, 0.15) is 37.7 Å². The Hall–Kier alpha value is -1.69. The van der Waals surface area contributed by atoms with Crippen LogP contribution in [0.4, 0.5) is 0 Å². The van der Waals surface area contributed by atoms with Crippen molar-refractivity contribution in [1.82, 2.24) is 10.3 Å². The minimum absolute atomic E-state index is 0.0412. The smallest absolute Gasteiger partial charge is 0.230 e. The van der Waals surface area contributed by atoms with E-state index in [1.807, 2.05) is 6.07 Å². The summed E-state index contributed by atoms with van der Waals surface area (Å²) in [7, 11) is 0. The summed E-state index contributed by atoms with van der Waals surface area (Å²) in [6.45, 7) is 0. The van der Waals surface area contributed by atoms with E-state index in [9.17, 15) is 4.79 Å². The molecule has 1 aromatic heterocycles. The third kappa shape index (κ3) is 5.30. The van der Waals surface area contributed by atoms with E-state index in [4.69, 9.17) is 10.8 Å². The van der Waals surface area contributed by atoms with Crippen LogP contribution in [0.2, 0.25) is 0 Å². The van der Waals surface area contributed by atoms with Crippen molar-refractivity contribution in [2.24, 2.45) is 5.92 Å². The molecule has 1 aromatic rings. The van der Waals surface area contributed by atoms with Crippen molar-refractivity contribution < 1.29 is 4.79 Å². The van der Waals surface area contributed by atoms with Gasteiger partial charge in [0.1, 0.15) is 0 Å². The number of amides is 1. The Balaban J connectivity index is 1.75. The number of pyridine rings is 1. The third-order valence-corrected chi connectivity index (χ3v) is 4.39. The highest BCUT2D eigenvalue weighted by Gasteiger charge is 2.20. The zero-order valence-electron chi connectivity index (χ0n) is 11.9. The summed E-state index contributed by atoms with van der Waals surface area (Å²) in [5, 5.41) is 18.9. The second-order valence-corrected chi connectivity index (χ2v) is 6.27. The van der Waals surface area contributed by atoms with E-state index < -0.39 is 0 Å². The van der Waals surface area contributed by atoms with E-state index in [0.29, 0.717) is 5.04 Å². The molecule has 0 aromatic carbocycles. The molecule has 0 atom stereocenters. The number of carbonyl (C=O) groups excluding carboxylic acids is 1. The predicted molar refractivity (Wildman–Crippen MR) is 85.7 cm³/mol. The lowest BCUT2D eigenvalue weighted by atomic mass is 9.90. The number of hydrogen-bond acceptors (Lipinski definition) is 5. The first-order chi connectivity index (χ1) is 10.1. The summed E-state index contributed by atoms with van der Waals surface area (Å²) >= 11 is 1.06. The highest BCUT2D eigenvalue weighted by molar-refractivity contribution is 8.26. The molecule has 0 saturated heterocycles. The topological polar surface area (TPSA) is 89.7 Å². The molecule has 0 unspecified atom stereocenters. The summed E-state index contributed by atoms with van der Waals surface area (Å²) < 4.78 is 0. The van der Waals surface area contributed by atoms with Gasteiger partial charge in [-0.1, -0.05) is 25.3 Å². The van der Waals surface area contributed by atoms with Gasteiger partial charge < -0.3 is 5.32 Å². The fraction of sp³-hybridized carbons (Fsp3) is 0.467. The number of thioether (sulfide) groups is 1. The van der Waals surface area contributed by atoms with Gasteiger partial charge in [0.25, 0.3) is 0 Å². The van der Waals surface area contributed by atoms with Crippen LogP contribution >= 0.6 is 11.8 Å². The number of aromatic nitrogens is 1. The highest BCUT2D eigenvalue weighted by atomic mass is 32.2. The van der Waals surface area contributed by atoms with Crippen molar-refractivity contribution in [2.75, 3.05) is 0 Å². The van der Waals surface area contributed by atoms with Crippen LogP contribution in [0, 0.1) is 16.7 Å². The predicted octanol–water partition coefficient (Wildman–Crippen LogP) is 2.97. The van der Waals surface area contributed by atoms with Crippen molar-refractivity contribution in [3.8, 4) is 0 Å². The fourth-order valence-corrected chi connectivity index (χ4v) is 3.23. The Bertz CT molecular complexity index is 512. The van der Waals surface area contributed by atoms with Crippen molar-refractivity contribution in [1.29, 1.82) is 10.8 Å². The molecule has 1 fully saturated rings. The van der Waals surface area contributed by atoms with Gasteiger partial charge in [-0.2, -0.15) is 0 Å². The average Bonchev–Trinajstić information content (AvgIpc) is 2.48. The Morgan fingerprint density at radius 1 is 1.33 bits per heavy atom. The van der Waals surface area contributed by atoms with E-state index >= 15 is 0 Å². The second-order valence-electron chi connectivity index (χ2n) is 5.22. The molecular formula is C15H20N4OS. The van der Waals surface area contributed by atoms with E-state index in [1.165, 1.54) is 6.42 Å². The van der Waals surface area contributed by atoms with Crippen molar-refractivity contribution >= 4 is 27.9 Å². The molecule has 3 N–H and O–H groups in total. The molecule has 112 valence electrons. The first-order valence-electron chi connectivity index (χ1n) is 7.19. The lowest BCUT2D eigenvalue weighted by molar-refractivity contribution is -0.119. The molecule has 5 nitrogen and oxygen atoms in total. The minimum atomic E-state index is -0.239. The first-order valence-corrected chi connectivity index (χ1v) is 8.00. The monoisotopic (exact) mass is 304 g/mol. The first kappa shape index (κ1) is 15.7. The summed E-state index contributed by atoms with van der Waals surface area (Å²) in [5.74, 6) is 0.0243. The second kappa shape index (κ2) is 7.93. The summed E-state index contributed by atoms with van der Waals surface area (Å²) in [6.07, 6.45) is 9.13. The highest BCUT2D eigenvalue weighted by Crippen LogP contribution is 2.28. The largest absolute Gasteiger partial charge is 0.305 e. The number of nitrogens with zero attached hydrogens (tertiary/aromatic N) is 1. The molecule has 1 aliphatic carbocycles. The maximum absolute atomic E-state index is 11.8. The van der Waals surface area contributed by atoms with Crippen LogP contribution in [-0.2, 0) is 11.2 Å². The maximum atomic E-state index is 11.8. The Morgan fingerprint density at radius 2 is 2.10 bits per heavy atom. The van der Waals surface area contributed by atoms with Gasteiger partial charge in [0, 0.05) is 18.3 Å². The van der Waals surface area contributed by atoms with Gasteiger partial charge in [0.2, 0.25) is 5.91 Å². The molecule has 1 aliphatic rings. The molecule has 0 radical (unpaired) electrons. The van der Waals surface area contributed by atoms with Gasteiger partial charge in [-0.15, -0.1) is 0 Å². The molecule has 0 spiro atoms. The zero-order valence-corrected chi connectivity index (χ0v) is 12.7. The molecule has 6 heteroatoms. The van der Waals surface area contributed by atoms with Crippen LogP contribution in [0.25, 0.3) is 0 Å². The summed E-state index contributed by atoms with van der Waals surface area (Å²) in [5.41, 5.74) is 0.815. The van der Waals surface area contributed by atoms with Crippen LogP contribution in [0.3, 0.4) is 0 Å². The Morgan fingerprint density at radius 3 is 2.76 bits per heavy atom. The molecule has 2 rings (SSSR count). The SMILES string of the molecule is N=C(NC(=O)Cc1cccnc1)SC(=N)C1CCCCC1. The maximum Gasteiger partial charge on any atom is 0.230 e. The Kier molecular flexibility index (Phi) is 5.92. The third-order valence-electron chi connectivity index (χ3n) is 3.53. The van der Waals surface area contributed by atoms with Crippen LogP contribution in [-0.4, -0.2) is 21.1 Å². The van der Waals surface area contributed by atoms with E-state index in [-0.39, 0.29) is 23.4 Å². The van der Waals surface area contributed by atoms with E-state index in [0.717, 1.165) is 43.0 Å². The zero-order chi connectivity index (χ0) is 15.1. The molecule has 1 amide bonds. The van der Waals surface area contributed by atoms with Gasteiger partial charge in [-0.3, -0.25) is 20.6 Å². The summed E-state index contributed by atoms with van der Waals surface area (Å²) in [6, 6.07) is 3.61. The van der Waals surface area contributed by atoms with E-state index in [1.54, 1.807) is 18.5 Å². The standard InChI is InChI=1S/C15H20N4OS/c16-14(12-6-2-1-3-7-12)21-15(17)19-13(20)9-11-5-4-8-18-10-11/h4-5,8,10,12,16H,1-3,6-7,9H2,(H2,17,19,20). The van der Waals surface area contributed by atoms with Gasteiger partial charge in [-0.05, 0) is 36.2 Å². The van der Waals surface area contributed by atoms with Gasteiger partial charge in [0.05, 0.1) is 11.5 Å². The normalized spacial score (nSPS) is 15.4. The molecule has 0 aliphatic heterocycles. The summed E-state index contributed by atoms with van der Waals surface area (Å²) in [4.78, 5) is 15.8. The number of amidine groups is 1. The lowest BCUT2D eigenvalue weighted by Crippen LogP contribution is -2.30. The fourth-order valence-electron chi connectivity index (χ4n) is 2.44. The molecule has 1 heterocycles. The van der Waals surface area contributed by atoms with E-state index in [2.05, 4.69) is 10.3 Å². The van der Waals surface area contributed by atoms with Gasteiger partial charge in [0.15, 0.2) is 5.17 Å². The van der Waals surface area contributed by atoms with Crippen LogP contribution in [0.15, 0.2) is 24.5 Å². The number of hydrogen-bond donors (Lipinski definition) is 3. The average molecular weight is 304 g/mol. The van der Waals surface area contributed by atoms with Crippen LogP contribution in [0.5, 0.6) is 0 Å². The molecule has 1 saturated carbocycles. The quantitative estimate of drug-likeness (QED) is 0.592. The van der Waals surface area contributed by atoms with Crippen molar-refractivity contribution in [3.63, 3.8) is 0 Å². The molecule has 21 heavy (non-hydrogen) atoms. The molecule has 0 bridgehead atoms. The number of carbonyl (C=O) groups is 1. The lowest BCUT2D eigenvalue weighted by Gasteiger charge is -2.21. The molecular weight excluding hydrogens is 284 g/mol. The van der Waals surface area contributed by atoms with Crippen molar-refractivity contribution in [3.05, 3.63) is 30.1 Å². The van der Waals surface area contributed by atoms with Crippen molar-refractivity contribution in [2.45, 2.75) is 38.5 Å². The Labute approximate surface area is 128 Å².